The third-order valence-corrected chi connectivity index (χ3v) is 4.49. The van der Waals surface area contributed by atoms with E-state index in [2.05, 4.69) is 38.7 Å². The molecule has 0 spiro atoms. The summed E-state index contributed by atoms with van der Waals surface area (Å²) in [5, 5.41) is 3.63. The van der Waals surface area contributed by atoms with Crippen LogP contribution < -0.4 is 5.32 Å². The number of rotatable bonds is 8. The molecule has 0 aromatic rings. The summed E-state index contributed by atoms with van der Waals surface area (Å²) in [7, 11) is 0. The Morgan fingerprint density at radius 3 is 2.78 bits per heavy atom. The largest absolute Gasteiger partial charge is 0.316 e. The Hall–Kier alpha value is -0.300. The highest BCUT2D eigenvalue weighted by atomic mass is 14.9. The number of allylic oxidation sites excluding steroid dienone is 1. The van der Waals surface area contributed by atoms with E-state index in [9.17, 15) is 0 Å². The smallest absolute Gasteiger partial charge is 0.00179 e. The van der Waals surface area contributed by atoms with Crippen LogP contribution in [0.5, 0.6) is 0 Å². The molecule has 0 bridgehead atoms. The van der Waals surface area contributed by atoms with Crippen molar-refractivity contribution in [2.75, 3.05) is 13.1 Å². The zero-order chi connectivity index (χ0) is 13.4. The van der Waals surface area contributed by atoms with Crippen molar-refractivity contribution in [3.63, 3.8) is 0 Å². The molecular formula is C17H33N. The van der Waals surface area contributed by atoms with Gasteiger partial charge in [-0.2, -0.15) is 0 Å². The quantitative estimate of drug-likeness (QED) is 0.483. The van der Waals surface area contributed by atoms with Gasteiger partial charge in [0.25, 0.3) is 0 Å². The zero-order valence-electron chi connectivity index (χ0n) is 12.8. The predicted molar refractivity (Wildman–Crippen MR) is 81.8 cm³/mol. The molecule has 0 amide bonds. The molecule has 1 rings (SSSR count). The van der Waals surface area contributed by atoms with Gasteiger partial charge in [0, 0.05) is 0 Å². The van der Waals surface area contributed by atoms with Crippen molar-refractivity contribution in [3.8, 4) is 0 Å². The van der Waals surface area contributed by atoms with Gasteiger partial charge in [0.2, 0.25) is 0 Å². The molecule has 0 aromatic carbocycles. The average molecular weight is 251 g/mol. The predicted octanol–water partition coefficient (Wildman–Crippen LogP) is 4.78. The topological polar surface area (TPSA) is 12.0 Å². The second-order valence-corrected chi connectivity index (χ2v) is 6.85. The zero-order valence-corrected chi connectivity index (χ0v) is 12.8. The van der Waals surface area contributed by atoms with Crippen molar-refractivity contribution in [3.05, 3.63) is 12.7 Å². The molecule has 0 aliphatic heterocycles. The normalized spacial score (nSPS) is 27.1. The Morgan fingerprint density at radius 2 is 2.11 bits per heavy atom. The summed E-state index contributed by atoms with van der Waals surface area (Å²) in [4.78, 5) is 0. The van der Waals surface area contributed by atoms with E-state index in [4.69, 9.17) is 0 Å². The van der Waals surface area contributed by atoms with Gasteiger partial charge in [-0.05, 0) is 75.3 Å². The van der Waals surface area contributed by atoms with Gasteiger partial charge in [0.05, 0.1) is 0 Å². The lowest BCUT2D eigenvalue weighted by Gasteiger charge is -2.41. The second-order valence-electron chi connectivity index (χ2n) is 6.85. The maximum atomic E-state index is 3.84. The fourth-order valence-electron chi connectivity index (χ4n) is 3.39. The molecule has 0 saturated heterocycles. The van der Waals surface area contributed by atoms with Crippen LogP contribution in [0.25, 0.3) is 0 Å². The van der Waals surface area contributed by atoms with E-state index < -0.39 is 0 Å². The van der Waals surface area contributed by atoms with Gasteiger partial charge in [-0.25, -0.2) is 0 Å². The van der Waals surface area contributed by atoms with Crippen LogP contribution in [-0.4, -0.2) is 13.1 Å². The molecule has 18 heavy (non-hydrogen) atoms. The monoisotopic (exact) mass is 251 g/mol. The Labute approximate surface area is 114 Å². The van der Waals surface area contributed by atoms with E-state index in [1.54, 1.807) is 0 Å². The highest BCUT2D eigenvalue weighted by molar-refractivity contribution is 4.86. The van der Waals surface area contributed by atoms with E-state index in [1.807, 2.05) is 0 Å². The fourth-order valence-corrected chi connectivity index (χ4v) is 3.39. The summed E-state index contributed by atoms with van der Waals surface area (Å²) in [6.45, 7) is 13.4. The second kappa shape index (κ2) is 7.99. The minimum atomic E-state index is 0.570. The fraction of sp³-hybridized carbons (Fsp3) is 0.882. The molecule has 106 valence electrons. The van der Waals surface area contributed by atoms with Crippen molar-refractivity contribution < 1.29 is 0 Å². The summed E-state index contributed by atoms with van der Waals surface area (Å²) in [5.41, 5.74) is 0.570. The van der Waals surface area contributed by atoms with E-state index in [1.165, 1.54) is 58.0 Å². The molecule has 1 aliphatic carbocycles. The molecule has 0 radical (unpaired) electrons. The Balaban J connectivity index is 2.42. The summed E-state index contributed by atoms with van der Waals surface area (Å²) >= 11 is 0. The van der Waals surface area contributed by atoms with Crippen molar-refractivity contribution in [2.24, 2.45) is 17.3 Å². The molecule has 1 aliphatic rings. The van der Waals surface area contributed by atoms with Crippen LogP contribution in [0.3, 0.4) is 0 Å². The first-order chi connectivity index (χ1) is 8.59. The lowest BCUT2D eigenvalue weighted by molar-refractivity contribution is 0.108. The first kappa shape index (κ1) is 15.8. The first-order valence-electron chi connectivity index (χ1n) is 7.90. The van der Waals surface area contributed by atoms with Gasteiger partial charge in [0.1, 0.15) is 0 Å². The van der Waals surface area contributed by atoms with E-state index >= 15 is 0 Å². The van der Waals surface area contributed by atoms with Crippen molar-refractivity contribution in [2.45, 2.75) is 65.7 Å². The number of nitrogens with one attached hydrogen (secondary N) is 1. The van der Waals surface area contributed by atoms with Crippen LogP contribution in [-0.2, 0) is 0 Å². The average Bonchev–Trinajstić information content (AvgIpc) is 2.32. The van der Waals surface area contributed by atoms with Gasteiger partial charge < -0.3 is 5.32 Å². The number of hydrogen-bond donors (Lipinski definition) is 1. The third-order valence-electron chi connectivity index (χ3n) is 4.49. The van der Waals surface area contributed by atoms with Crippen LogP contribution >= 0.6 is 0 Å². The molecule has 1 saturated carbocycles. The molecule has 1 fully saturated rings. The summed E-state index contributed by atoms with van der Waals surface area (Å²) in [5.74, 6) is 1.84. The maximum absolute atomic E-state index is 3.84. The van der Waals surface area contributed by atoms with Gasteiger partial charge in [-0.15, -0.1) is 6.58 Å². The summed E-state index contributed by atoms with van der Waals surface area (Å²) in [6.07, 6.45) is 11.5. The van der Waals surface area contributed by atoms with Crippen LogP contribution in [0.15, 0.2) is 12.7 Å². The minimum absolute atomic E-state index is 0.570. The Kier molecular flexibility index (Phi) is 6.99. The van der Waals surface area contributed by atoms with E-state index in [0.717, 1.165) is 11.8 Å². The molecule has 1 nitrogen and oxygen atoms in total. The lowest BCUT2D eigenvalue weighted by Crippen LogP contribution is -2.36. The minimum Gasteiger partial charge on any atom is -0.316 e. The Morgan fingerprint density at radius 1 is 1.33 bits per heavy atom. The van der Waals surface area contributed by atoms with Crippen LogP contribution in [0, 0.1) is 17.3 Å². The SMILES string of the molecule is C=CCCCC1CC(C)(C)CCC1CNCCC. The lowest BCUT2D eigenvalue weighted by atomic mass is 9.66. The highest BCUT2D eigenvalue weighted by Crippen LogP contribution is 2.43. The van der Waals surface area contributed by atoms with E-state index in [-0.39, 0.29) is 0 Å². The number of unbranched alkanes of at least 4 members (excludes halogenated alkanes) is 1. The van der Waals surface area contributed by atoms with Crippen LogP contribution in [0.1, 0.15) is 65.7 Å². The Bertz CT molecular complexity index is 232. The van der Waals surface area contributed by atoms with Crippen LogP contribution in [0.4, 0.5) is 0 Å². The first-order valence-corrected chi connectivity index (χ1v) is 7.90. The van der Waals surface area contributed by atoms with E-state index in [0.29, 0.717) is 5.41 Å². The third kappa shape index (κ3) is 5.56. The molecule has 0 aromatic heterocycles. The highest BCUT2D eigenvalue weighted by Gasteiger charge is 2.33. The molecule has 2 atom stereocenters. The molecular weight excluding hydrogens is 218 g/mol. The van der Waals surface area contributed by atoms with Crippen LogP contribution in [0.2, 0.25) is 0 Å². The molecule has 0 heterocycles. The summed E-state index contributed by atoms with van der Waals surface area (Å²) in [6, 6.07) is 0. The molecule has 1 heteroatoms. The molecule has 2 unspecified atom stereocenters. The van der Waals surface area contributed by atoms with Crippen molar-refractivity contribution in [1.82, 2.24) is 5.32 Å². The maximum Gasteiger partial charge on any atom is -0.00179 e. The van der Waals surface area contributed by atoms with Gasteiger partial charge in [-0.1, -0.05) is 26.8 Å². The van der Waals surface area contributed by atoms with Crippen molar-refractivity contribution in [1.29, 1.82) is 0 Å². The van der Waals surface area contributed by atoms with Gasteiger partial charge in [-0.3, -0.25) is 0 Å². The standard InChI is InChI=1S/C17H33N/c1-5-7-8-9-15-13-17(3,4)11-10-16(15)14-18-12-6-2/h5,15-16,18H,1,6-14H2,2-4H3. The van der Waals surface area contributed by atoms with Gasteiger partial charge in [0.15, 0.2) is 0 Å². The van der Waals surface area contributed by atoms with Gasteiger partial charge >= 0.3 is 0 Å². The number of hydrogen-bond acceptors (Lipinski definition) is 1. The van der Waals surface area contributed by atoms with Crippen molar-refractivity contribution >= 4 is 0 Å². The summed E-state index contributed by atoms with van der Waals surface area (Å²) < 4.78 is 0. The molecule has 1 N–H and O–H groups in total.